The molecule has 4 aliphatic heterocycles. The molecule has 1 atom stereocenters. The molecule has 0 bridgehead atoms. The van der Waals surface area contributed by atoms with Crippen LogP contribution in [0, 0.1) is 19.8 Å². The summed E-state index contributed by atoms with van der Waals surface area (Å²) in [5, 5.41) is 22.3. The number of nitrogens with two attached hydrogens (primary N) is 1. The molecule has 5 aromatic rings. The molecular formula is C46H53N9O5. The van der Waals surface area contributed by atoms with Gasteiger partial charge in [0.05, 0.1) is 29.2 Å². The Labute approximate surface area is 349 Å². The second kappa shape index (κ2) is 16.6. The molecule has 0 aliphatic carbocycles. The van der Waals surface area contributed by atoms with Gasteiger partial charge in [-0.2, -0.15) is 0 Å². The number of aryl methyl sites for hydroxylation is 2. The zero-order valence-electron chi connectivity index (χ0n) is 34.3. The Morgan fingerprint density at radius 3 is 2.45 bits per heavy atom. The van der Waals surface area contributed by atoms with E-state index >= 15 is 0 Å². The molecule has 6 heterocycles. The maximum atomic E-state index is 13.9. The van der Waals surface area contributed by atoms with Gasteiger partial charge in [-0.05, 0) is 99.0 Å². The molecule has 3 aromatic carbocycles. The summed E-state index contributed by atoms with van der Waals surface area (Å²) in [6.07, 6.45) is 4.18. The number of morpholine rings is 1. The van der Waals surface area contributed by atoms with Crippen molar-refractivity contribution in [3.63, 3.8) is 0 Å². The number of nitrogens with one attached hydrogen (secondary N) is 1. The van der Waals surface area contributed by atoms with Crippen molar-refractivity contribution in [2.24, 2.45) is 5.92 Å². The first-order valence-corrected chi connectivity index (χ1v) is 21.2. The van der Waals surface area contributed by atoms with E-state index in [0.29, 0.717) is 61.7 Å². The number of hydrogen-bond acceptors (Lipinski definition) is 10. The number of piperidine rings is 2. The number of ether oxygens (including phenoxy) is 1. The van der Waals surface area contributed by atoms with Crippen LogP contribution in [-0.4, -0.2) is 106 Å². The van der Waals surface area contributed by atoms with Gasteiger partial charge in [0.1, 0.15) is 11.9 Å². The number of benzene rings is 3. The zero-order chi connectivity index (χ0) is 41.5. The van der Waals surface area contributed by atoms with Crippen LogP contribution in [0.2, 0.25) is 0 Å². The molecule has 0 spiro atoms. The first-order chi connectivity index (χ1) is 29.1. The molecule has 60 heavy (non-hydrogen) atoms. The number of nitrogen functional groups attached to an aromatic ring is 1. The molecule has 4 amide bonds. The van der Waals surface area contributed by atoms with Crippen LogP contribution in [0.3, 0.4) is 0 Å². The van der Waals surface area contributed by atoms with E-state index in [0.717, 1.165) is 97.4 Å². The lowest BCUT2D eigenvalue weighted by Gasteiger charge is -2.38. The third-order valence-corrected chi connectivity index (χ3v) is 13.0. The number of carbonyl (C=O) groups is 3. The number of likely N-dealkylation sites (tertiary alicyclic amines) is 2. The fourth-order valence-electron chi connectivity index (χ4n) is 9.76. The van der Waals surface area contributed by atoms with E-state index in [-0.39, 0.29) is 29.7 Å². The number of amides is 4. The lowest BCUT2D eigenvalue weighted by molar-refractivity contribution is -0.120. The summed E-state index contributed by atoms with van der Waals surface area (Å²) in [7, 11) is 0. The van der Waals surface area contributed by atoms with Crippen LogP contribution in [0.5, 0.6) is 5.75 Å². The SMILES string of the molecule is Cc1cc([C@H]2CN(c3cc(-c4ccccc4O)nnc3N)CCO2)ccc1C(=O)N1CCC(CN2CCC(n3c(C)cc4c(N5CCC(=O)NC5=O)cccc43)CC2)CC1. The minimum Gasteiger partial charge on any atom is -0.507 e. The number of urea groups is 1. The van der Waals surface area contributed by atoms with Crippen LogP contribution in [0.1, 0.15) is 71.4 Å². The second-order valence-electron chi connectivity index (χ2n) is 16.8. The van der Waals surface area contributed by atoms with Crippen molar-refractivity contribution < 1.29 is 24.2 Å². The summed E-state index contributed by atoms with van der Waals surface area (Å²) in [5.41, 5.74) is 14.0. The predicted molar refractivity (Wildman–Crippen MR) is 231 cm³/mol. The minimum atomic E-state index is -0.356. The molecule has 9 rings (SSSR count). The van der Waals surface area contributed by atoms with E-state index in [4.69, 9.17) is 10.5 Å². The van der Waals surface area contributed by atoms with Gasteiger partial charge in [0.2, 0.25) is 5.91 Å². The van der Waals surface area contributed by atoms with Gasteiger partial charge in [0.15, 0.2) is 5.82 Å². The predicted octanol–water partition coefficient (Wildman–Crippen LogP) is 6.22. The standard InChI is InChI=1S/C46H53N9O5/c1-29-24-32(42-28-53(22-23-60-42)40-26-37(49-50-44(40)47)35-6-3-4-9-41(35)56)10-11-34(29)45(58)52-19-12-31(13-20-52)27-51-17-14-33(15-18-51)55-30(2)25-36-38(7-5-8-39(36)55)54-21-16-43(57)48-46(54)59/h3-11,24-26,31,33,42,56H,12-23,27-28H2,1-2H3,(H2,47,50)(H,48,57,59)/t42-/m1/s1. The summed E-state index contributed by atoms with van der Waals surface area (Å²) >= 11 is 0. The van der Waals surface area contributed by atoms with E-state index in [9.17, 15) is 19.5 Å². The topological polar surface area (TPSA) is 162 Å². The minimum absolute atomic E-state index is 0.0868. The molecule has 14 nitrogen and oxygen atoms in total. The van der Waals surface area contributed by atoms with E-state index in [1.165, 1.54) is 5.69 Å². The molecule has 0 unspecified atom stereocenters. The summed E-state index contributed by atoms with van der Waals surface area (Å²) in [4.78, 5) is 46.8. The third kappa shape index (κ3) is 7.77. The van der Waals surface area contributed by atoms with Crippen molar-refractivity contribution in [1.29, 1.82) is 0 Å². The number of nitrogens with zero attached hydrogens (tertiary/aromatic N) is 7. The molecule has 14 heteroatoms. The molecule has 4 aliphatic rings. The summed E-state index contributed by atoms with van der Waals surface area (Å²) in [6.45, 7) is 10.9. The number of rotatable bonds is 8. The smallest absolute Gasteiger partial charge is 0.328 e. The second-order valence-corrected chi connectivity index (χ2v) is 16.8. The average molecular weight is 812 g/mol. The average Bonchev–Trinajstić information content (AvgIpc) is 3.60. The Hall–Kier alpha value is -5.99. The lowest BCUT2D eigenvalue weighted by atomic mass is 9.93. The van der Waals surface area contributed by atoms with Gasteiger partial charge in [-0.3, -0.25) is 19.8 Å². The highest BCUT2D eigenvalue weighted by atomic mass is 16.5. The number of phenolic OH excluding ortho intramolecular Hbond substituents is 1. The third-order valence-electron chi connectivity index (χ3n) is 13.0. The van der Waals surface area contributed by atoms with Crippen molar-refractivity contribution in [2.45, 2.75) is 58.1 Å². The maximum Gasteiger partial charge on any atom is 0.328 e. The largest absolute Gasteiger partial charge is 0.507 e. The number of fused-ring (bicyclic) bond motifs is 1. The van der Waals surface area contributed by atoms with E-state index in [1.54, 1.807) is 23.1 Å². The Balaban J connectivity index is 0.777. The summed E-state index contributed by atoms with van der Waals surface area (Å²) in [5.74, 6) is 0.866. The number of aromatic hydroxyl groups is 1. The number of para-hydroxylation sites is 1. The van der Waals surface area contributed by atoms with E-state index in [2.05, 4.69) is 55.0 Å². The van der Waals surface area contributed by atoms with Crippen LogP contribution in [-0.2, 0) is 9.53 Å². The number of hydrogen-bond donors (Lipinski definition) is 3. The molecule has 4 saturated heterocycles. The fraction of sp³-hybridized carbons (Fsp3) is 0.413. The number of aromatic nitrogens is 3. The van der Waals surface area contributed by atoms with E-state index in [1.807, 2.05) is 48.2 Å². The normalized spacial score (nSPS) is 19.9. The van der Waals surface area contributed by atoms with Crippen molar-refractivity contribution in [1.82, 2.24) is 29.9 Å². The first kappa shape index (κ1) is 39.5. The number of phenols is 1. The molecule has 4 N–H and O–H groups in total. The molecule has 0 radical (unpaired) electrons. The number of anilines is 3. The van der Waals surface area contributed by atoms with Crippen LogP contribution in [0.15, 0.2) is 72.8 Å². The van der Waals surface area contributed by atoms with Gasteiger partial charge in [0.25, 0.3) is 5.91 Å². The molecule has 4 fully saturated rings. The lowest BCUT2D eigenvalue weighted by Crippen LogP contribution is -2.49. The van der Waals surface area contributed by atoms with Crippen molar-refractivity contribution >= 4 is 45.9 Å². The highest BCUT2D eigenvalue weighted by molar-refractivity contribution is 6.09. The van der Waals surface area contributed by atoms with Crippen molar-refractivity contribution in [2.75, 3.05) is 74.5 Å². The van der Waals surface area contributed by atoms with Gasteiger partial charge in [-0.15, -0.1) is 10.2 Å². The Kier molecular flexibility index (Phi) is 10.9. The van der Waals surface area contributed by atoms with Gasteiger partial charge >= 0.3 is 6.03 Å². The van der Waals surface area contributed by atoms with Crippen LogP contribution < -0.4 is 20.9 Å². The zero-order valence-corrected chi connectivity index (χ0v) is 34.3. The van der Waals surface area contributed by atoms with Crippen LogP contribution in [0.4, 0.5) is 22.0 Å². The van der Waals surface area contributed by atoms with Crippen molar-refractivity contribution in [3.8, 4) is 17.0 Å². The fourth-order valence-corrected chi connectivity index (χ4v) is 9.76. The Bertz CT molecular complexity index is 2430. The maximum absolute atomic E-state index is 13.9. The molecule has 0 saturated carbocycles. The summed E-state index contributed by atoms with van der Waals surface area (Å²) < 4.78 is 8.68. The number of imide groups is 1. The van der Waals surface area contributed by atoms with Crippen molar-refractivity contribution in [3.05, 3.63) is 95.2 Å². The van der Waals surface area contributed by atoms with Gasteiger partial charge in [-0.1, -0.05) is 30.3 Å². The van der Waals surface area contributed by atoms with Crippen LogP contribution in [0.25, 0.3) is 22.2 Å². The van der Waals surface area contributed by atoms with Gasteiger partial charge in [-0.25, -0.2) is 4.79 Å². The Morgan fingerprint density at radius 2 is 1.68 bits per heavy atom. The van der Waals surface area contributed by atoms with Gasteiger partial charge < -0.3 is 34.8 Å². The molecular weight excluding hydrogens is 759 g/mol. The van der Waals surface area contributed by atoms with Crippen LogP contribution >= 0.6 is 0 Å². The van der Waals surface area contributed by atoms with Gasteiger partial charge in [0, 0.05) is 87.0 Å². The first-order valence-electron chi connectivity index (χ1n) is 21.2. The monoisotopic (exact) mass is 811 g/mol. The molecule has 312 valence electrons. The number of carbonyl (C=O) groups excluding carboxylic acids is 3. The van der Waals surface area contributed by atoms with E-state index < -0.39 is 0 Å². The highest BCUT2D eigenvalue weighted by Crippen LogP contribution is 2.37. The summed E-state index contributed by atoms with van der Waals surface area (Å²) in [6, 6.07) is 23.3. The quantitative estimate of drug-likeness (QED) is 0.164. The Morgan fingerprint density at radius 1 is 0.883 bits per heavy atom. The molecule has 2 aromatic heterocycles. The highest BCUT2D eigenvalue weighted by Gasteiger charge is 2.31.